The molecule has 2 aliphatic rings. The molecule has 1 fully saturated rings. The number of hydrogen-bond acceptors (Lipinski definition) is 4. The zero-order valence-corrected chi connectivity index (χ0v) is 15.9. The Kier molecular flexibility index (Phi) is 5.72. The summed E-state index contributed by atoms with van der Waals surface area (Å²) in [5, 5.41) is 5.44. The van der Waals surface area contributed by atoms with E-state index in [1.807, 2.05) is 32.0 Å². The molecule has 6 heteroatoms. The molecule has 130 valence electrons. The molecular weight excluding hydrogens is 340 g/mol. The third kappa shape index (κ3) is 4.25. The molecule has 0 aromatic heterocycles. The minimum Gasteiger partial charge on any atom is -0.386 e. The van der Waals surface area contributed by atoms with Gasteiger partial charge in [-0.25, -0.2) is 9.41 Å². The van der Waals surface area contributed by atoms with Gasteiger partial charge in [0.1, 0.15) is 11.1 Å². The molecule has 24 heavy (non-hydrogen) atoms. The predicted molar refractivity (Wildman–Crippen MR) is 105 cm³/mol. The Morgan fingerprint density at radius 3 is 2.79 bits per heavy atom. The predicted octanol–water partition coefficient (Wildman–Crippen LogP) is 4.93. The largest absolute Gasteiger partial charge is 0.386 e. The third-order valence-electron chi connectivity index (χ3n) is 4.69. The Balaban J connectivity index is 1.66. The number of hydrazone groups is 1. The minimum absolute atomic E-state index is 0.0312. The Morgan fingerprint density at radius 2 is 2.08 bits per heavy atom. The van der Waals surface area contributed by atoms with Crippen molar-refractivity contribution in [3.63, 3.8) is 0 Å². The smallest absolute Gasteiger partial charge is 0.123 e. The summed E-state index contributed by atoms with van der Waals surface area (Å²) in [4.78, 5) is 4.62. The molecule has 1 heterocycles. The summed E-state index contributed by atoms with van der Waals surface area (Å²) in [7, 11) is 0. The van der Waals surface area contributed by atoms with Crippen LogP contribution in [0.2, 0.25) is 5.02 Å². The average molecular weight is 365 g/mol. The maximum absolute atomic E-state index is 6.29. The van der Waals surface area contributed by atoms with Crippen LogP contribution in [-0.2, 0) is 0 Å². The Labute approximate surface area is 153 Å². The van der Waals surface area contributed by atoms with E-state index in [1.165, 1.54) is 32.1 Å². The zero-order valence-electron chi connectivity index (χ0n) is 14.3. The molecule has 2 N–H and O–H groups in total. The van der Waals surface area contributed by atoms with E-state index in [1.54, 1.807) is 11.9 Å². The lowest BCUT2D eigenvalue weighted by Crippen LogP contribution is -2.30. The van der Waals surface area contributed by atoms with Gasteiger partial charge in [0, 0.05) is 5.02 Å². The van der Waals surface area contributed by atoms with Gasteiger partial charge in [0.15, 0.2) is 0 Å². The van der Waals surface area contributed by atoms with Crippen molar-refractivity contribution in [2.45, 2.75) is 51.2 Å². The van der Waals surface area contributed by atoms with Crippen LogP contribution in [0.25, 0.3) is 0 Å². The van der Waals surface area contributed by atoms with E-state index in [0.717, 1.165) is 34.4 Å². The first-order valence-corrected chi connectivity index (χ1v) is 9.84. The lowest BCUT2D eigenvalue weighted by atomic mass is 9.89. The number of nitrogens with zero attached hydrogens (tertiary/aromatic N) is 3. The Bertz CT molecular complexity index is 652. The van der Waals surface area contributed by atoms with Crippen molar-refractivity contribution < 1.29 is 0 Å². The van der Waals surface area contributed by atoms with Crippen molar-refractivity contribution in [3.05, 3.63) is 28.8 Å². The average Bonchev–Trinajstić information content (AvgIpc) is 2.91. The molecule has 0 radical (unpaired) electrons. The van der Waals surface area contributed by atoms with Gasteiger partial charge in [0.05, 0.1) is 17.9 Å². The fraction of sp³-hybridized carbons (Fsp3) is 0.556. The molecule has 1 aliphatic carbocycles. The van der Waals surface area contributed by atoms with Crippen LogP contribution in [-0.4, -0.2) is 27.8 Å². The van der Waals surface area contributed by atoms with Crippen LogP contribution in [0.4, 0.5) is 5.69 Å². The standard InChI is InChI=1S/C18H25ClN4S/c1-12-10-15(19)8-9-16(12)21-18(20)17-13(2)22-23(24-17)11-14-6-4-3-5-7-14/h8-10,14,17H,3-7,11H2,1-2H3,(H2,20,21). The molecule has 0 amide bonds. The van der Waals surface area contributed by atoms with Crippen LogP contribution in [0.15, 0.2) is 28.3 Å². The van der Waals surface area contributed by atoms with E-state index in [2.05, 4.69) is 9.41 Å². The summed E-state index contributed by atoms with van der Waals surface area (Å²) < 4.78 is 2.12. The second-order valence-electron chi connectivity index (χ2n) is 6.73. The SMILES string of the molecule is CC1=NN(CC2CCCCC2)SC1C(N)=Nc1ccc(Cl)cc1C. The van der Waals surface area contributed by atoms with E-state index >= 15 is 0 Å². The highest BCUT2D eigenvalue weighted by molar-refractivity contribution is 7.99. The lowest BCUT2D eigenvalue weighted by Gasteiger charge is -2.25. The molecule has 1 aliphatic heterocycles. The minimum atomic E-state index is 0.0312. The van der Waals surface area contributed by atoms with E-state index < -0.39 is 0 Å². The van der Waals surface area contributed by atoms with Crippen LogP contribution in [0.3, 0.4) is 0 Å². The first-order valence-electron chi connectivity index (χ1n) is 8.62. The maximum Gasteiger partial charge on any atom is 0.123 e. The van der Waals surface area contributed by atoms with Crippen molar-refractivity contribution in [1.82, 2.24) is 4.41 Å². The summed E-state index contributed by atoms with van der Waals surface area (Å²) in [5.41, 5.74) is 9.22. The first-order chi connectivity index (χ1) is 11.5. The summed E-state index contributed by atoms with van der Waals surface area (Å²) >= 11 is 7.70. The third-order valence-corrected chi connectivity index (χ3v) is 6.19. The number of benzene rings is 1. The van der Waals surface area contributed by atoms with Gasteiger partial charge in [-0.15, -0.1) is 0 Å². The van der Waals surface area contributed by atoms with E-state index in [-0.39, 0.29) is 5.25 Å². The van der Waals surface area contributed by atoms with E-state index in [4.69, 9.17) is 22.4 Å². The Hall–Kier alpha value is -1.20. The van der Waals surface area contributed by atoms with Crippen molar-refractivity contribution in [2.75, 3.05) is 6.54 Å². The van der Waals surface area contributed by atoms with Crippen LogP contribution >= 0.6 is 23.5 Å². The molecule has 0 saturated heterocycles. The van der Waals surface area contributed by atoms with Crippen LogP contribution in [0.1, 0.15) is 44.6 Å². The highest BCUT2D eigenvalue weighted by Crippen LogP contribution is 2.32. The highest BCUT2D eigenvalue weighted by Gasteiger charge is 2.30. The second kappa shape index (κ2) is 7.79. The van der Waals surface area contributed by atoms with E-state index in [0.29, 0.717) is 5.84 Å². The number of rotatable bonds is 4. The summed E-state index contributed by atoms with van der Waals surface area (Å²) in [5.74, 6) is 1.37. The number of aryl methyl sites for hydroxylation is 1. The number of aliphatic imine (C=N–C) groups is 1. The molecule has 0 bridgehead atoms. The molecule has 1 aromatic carbocycles. The second-order valence-corrected chi connectivity index (χ2v) is 8.27. The van der Waals surface area contributed by atoms with Crippen LogP contribution < -0.4 is 5.73 Å². The number of nitrogens with two attached hydrogens (primary N) is 1. The van der Waals surface area contributed by atoms with Gasteiger partial charge in [-0.05, 0) is 68.3 Å². The monoisotopic (exact) mass is 364 g/mol. The van der Waals surface area contributed by atoms with Crippen molar-refractivity contribution in [3.8, 4) is 0 Å². The quantitative estimate of drug-likeness (QED) is 0.468. The number of halogens is 1. The molecule has 1 unspecified atom stereocenters. The van der Waals surface area contributed by atoms with Crippen molar-refractivity contribution >= 4 is 40.8 Å². The van der Waals surface area contributed by atoms with Gasteiger partial charge in [-0.3, -0.25) is 0 Å². The lowest BCUT2D eigenvalue weighted by molar-refractivity contribution is 0.299. The summed E-state index contributed by atoms with van der Waals surface area (Å²) in [6, 6.07) is 5.67. The molecule has 1 aromatic rings. The van der Waals surface area contributed by atoms with Gasteiger partial charge in [0.25, 0.3) is 0 Å². The molecule has 0 spiro atoms. The van der Waals surface area contributed by atoms with Gasteiger partial charge in [-0.1, -0.05) is 30.9 Å². The van der Waals surface area contributed by atoms with Gasteiger partial charge in [-0.2, -0.15) is 5.10 Å². The van der Waals surface area contributed by atoms with E-state index in [9.17, 15) is 0 Å². The molecule has 3 rings (SSSR count). The highest BCUT2D eigenvalue weighted by atomic mass is 35.5. The number of hydrogen-bond donors (Lipinski definition) is 1. The van der Waals surface area contributed by atoms with Gasteiger partial charge in [0.2, 0.25) is 0 Å². The fourth-order valence-electron chi connectivity index (χ4n) is 3.33. The topological polar surface area (TPSA) is 54.0 Å². The fourth-order valence-corrected chi connectivity index (χ4v) is 4.64. The molecule has 1 saturated carbocycles. The van der Waals surface area contributed by atoms with Gasteiger partial charge >= 0.3 is 0 Å². The van der Waals surface area contributed by atoms with Crippen molar-refractivity contribution in [2.24, 2.45) is 21.7 Å². The molecular formula is C18H25ClN4S. The van der Waals surface area contributed by atoms with Crippen LogP contribution in [0, 0.1) is 12.8 Å². The summed E-state index contributed by atoms with van der Waals surface area (Å²) in [6.07, 6.45) is 6.74. The van der Waals surface area contributed by atoms with Crippen molar-refractivity contribution in [1.29, 1.82) is 0 Å². The Morgan fingerprint density at radius 1 is 1.33 bits per heavy atom. The first kappa shape index (κ1) is 17.6. The maximum atomic E-state index is 6.29. The normalized spacial score (nSPS) is 22.8. The van der Waals surface area contributed by atoms with Crippen LogP contribution in [0.5, 0.6) is 0 Å². The van der Waals surface area contributed by atoms with Gasteiger partial charge < -0.3 is 5.73 Å². The molecule has 4 nitrogen and oxygen atoms in total. The number of amidine groups is 1. The zero-order chi connectivity index (χ0) is 17.1. The summed E-state index contributed by atoms with van der Waals surface area (Å²) in [6.45, 7) is 5.05. The molecule has 1 atom stereocenters.